The molecule has 2 fully saturated rings. The van der Waals surface area contributed by atoms with Crippen molar-refractivity contribution in [2.45, 2.75) is 52.0 Å². The van der Waals surface area contributed by atoms with Crippen LogP contribution in [-0.4, -0.2) is 63.5 Å². The van der Waals surface area contributed by atoms with Crippen molar-refractivity contribution >= 4 is 40.2 Å². The predicted molar refractivity (Wildman–Crippen MR) is 173 cm³/mol. The number of aryl methyl sites for hydroxylation is 1. The van der Waals surface area contributed by atoms with Gasteiger partial charge in [0, 0.05) is 72.4 Å². The third-order valence-electron chi connectivity index (χ3n) is 8.99. The Bertz CT molecular complexity index is 1700. The van der Waals surface area contributed by atoms with Gasteiger partial charge in [-0.25, -0.2) is 4.98 Å². The Balaban J connectivity index is 1.23. The Hall–Kier alpha value is -3.75. The van der Waals surface area contributed by atoms with E-state index in [1.165, 1.54) is 18.5 Å². The molecule has 4 aromatic rings. The van der Waals surface area contributed by atoms with E-state index in [4.69, 9.17) is 16.6 Å². The van der Waals surface area contributed by atoms with E-state index in [0.717, 1.165) is 49.0 Å². The second-order valence-electron chi connectivity index (χ2n) is 12.1. The zero-order chi connectivity index (χ0) is 30.1. The number of nitrogens with one attached hydrogen (secondary N) is 1. The zero-order valence-corrected chi connectivity index (χ0v) is 25.9. The molecule has 2 atom stereocenters. The first-order valence-electron chi connectivity index (χ1n) is 15.3. The second-order valence-corrected chi connectivity index (χ2v) is 12.5. The lowest BCUT2D eigenvalue weighted by molar-refractivity contribution is -0.130. The fourth-order valence-electron chi connectivity index (χ4n) is 6.62. The van der Waals surface area contributed by atoms with Gasteiger partial charge in [0.15, 0.2) is 0 Å². The van der Waals surface area contributed by atoms with Crippen molar-refractivity contribution in [3.05, 3.63) is 81.2 Å². The highest BCUT2D eigenvalue weighted by Crippen LogP contribution is 2.34. The summed E-state index contributed by atoms with van der Waals surface area (Å²) in [6.45, 7) is 7.85. The molecule has 43 heavy (non-hydrogen) atoms. The largest absolute Gasteiger partial charge is 0.342 e. The topological polar surface area (TPSA) is 83.4 Å². The molecule has 0 spiro atoms. The molecule has 9 heteroatoms. The molecule has 0 aliphatic carbocycles. The summed E-state index contributed by atoms with van der Waals surface area (Å²) in [7, 11) is 2.19. The van der Waals surface area contributed by atoms with Crippen molar-refractivity contribution in [1.82, 2.24) is 24.3 Å². The molecule has 224 valence electrons. The highest BCUT2D eigenvalue weighted by molar-refractivity contribution is 6.33. The van der Waals surface area contributed by atoms with E-state index >= 15 is 0 Å². The van der Waals surface area contributed by atoms with Crippen molar-refractivity contribution in [2.75, 3.05) is 38.5 Å². The van der Waals surface area contributed by atoms with E-state index in [1.54, 1.807) is 17.7 Å². The number of halogens is 1. The number of anilines is 2. The summed E-state index contributed by atoms with van der Waals surface area (Å²) in [6, 6.07) is 16.2. The van der Waals surface area contributed by atoms with Gasteiger partial charge in [0.1, 0.15) is 5.65 Å². The van der Waals surface area contributed by atoms with Crippen LogP contribution < -0.4 is 10.9 Å². The predicted octanol–water partition coefficient (Wildman–Crippen LogP) is 6.10. The van der Waals surface area contributed by atoms with Gasteiger partial charge in [-0.2, -0.15) is 4.98 Å². The van der Waals surface area contributed by atoms with Gasteiger partial charge in [-0.05, 0) is 87.5 Å². The molecular weight excluding hydrogens is 560 g/mol. The first-order valence-corrected chi connectivity index (χ1v) is 15.7. The van der Waals surface area contributed by atoms with Crippen molar-refractivity contribution in [1.29, 1.82) is 0 Å². The maximum Gasteiger partial charge on any atom is 0.260 e. The minimum Gasteiger partial charge on any atom is -0.342 e. The number of aromatic nitrogens is 3. The Morgan fingerprint density at radius 2 is 1.86 bits per heavy atom. The summed E-state index contributed by atoms with van der Waals surface area (Å²) >= 11 is 6.81. The van der Waals surface area contributed by atoms with Gasteiger partial charge in [-0.1, -0.05) is 35.9 Å². The van der Waals surface area contributed by atoms with Gasteiger partial charge in [0.25, 0.3) is 5.56 Å². The van der Waals surface area contributed by atoms with E-state index in [9.17, 15) is 9.59 Å². The number of rotatable bonds is 7. The third kappa shape index (κ3) is 6.31. The van der Waals surface area contributed by atoms with Crippen molar-refractivity contribution in [3.8, 4) is 11.1 Å². The molecule has 0 bridgehead atoms. The molecule has 2 aromatic carbocycles. The summed E-state index contributed by atoms with van der Waals surface area (Å²) in [5.41, 5.74) is 4.98. The van der Waals surface area contributed by atoms with E-state index in [2.05, 4.69) is 46.5 Å². The molecule has 1 N–H and O–H groups in total. The molecule has 6 rings (SSSR count). The van der Waals surface area contributed by atoms with Gasteiger partial charge in [0.05, 0.1) is 0 Å². The first-order chi connectivity index (χ1) is 20.8. The number of pyridine rings is 1. The number of amides is 1. The zero-order valence-electron chi connectivity index (χ0n) is 25.1. The molecule has 1 amide bonds. The number of piperidine rings is 1. The quantitative estimate of drug-likeness (QED) is 0.277. The molecule has 0 radical (unpaired) electrons. The van der Waals surface area contributed by atoms with Crippen LogP contribution in [0.15, 0.2) is 59.5 Å². The third-order valence-corrected chi connectivity index (χ3v) is 9.30. The SMILES string of the molecule is CCn1c(=O)c(-c2ccc(C3CCCN(C(C)=O)C3)cc2Cl)cc2cnc(Nc3ccc(CC4CCN(C)C4)cc3)nc21. The molecule has 2 aliphatic heterocycles. The summed E-state index contributed by atoms with van der Waals surface area (Å²) in [6.07, 6.45) is 6.07. The minimum absolute atomic E-state index is 0.102. The van der Waals surface area contributed by atoms with Crippen LogP contribution >= 0.6 is 11.6 Å². The Kier molecular flexibility index (Phi) is 8.50. The van der Waals surface area contributed by atoms with Crippen LogP contribution in [0.3, 0.4) is 0 Å². The Labute approximate surface area is 257 Å². The van der Waals surface area contributed by atoms with Gasteiger partial charge < -0.3 is 15.1 Å². The number of nitrogens with zero attached hydrogens (tertiary/aromatic N) is 5. The minimum atomic E-state index is -0.142. The van der Waals surface area contributed by atoms with Gasteiger partial charge in [0.2, 0.25) is 11.9 Å². The number of carbonyl (C=O) groups is 1. The lowest BCUT2D eigenvalue weighted by atomic mass is 9.89. The summed E-state index contributed by atoms with van der Waals surface area (Å²) in [5.74, 6) is 1.50. The summed E-state index contributed by atoms with van der Waals surface area (Å²) in [4.78, 5) is 39.2. The molecule has 2 aliphatic rings. The van der Waals surface area contributed by atoms with E-state index in [0.29, 0.717) is 46.8 Å². The van der Waals surface area contributed by atoms with E-state index < -0.39 is 0 Å². The number of hydrogen-bond donors (Lipinski definition) is 1. The fourth-order valence-corrected chi connectivity index (χ4v) is 6.91. The maximum absolute atomic E-state index is 13.7. The summed E-state index contributed by atoms with van der Waals surface area (Å²) in [5, 5.41) is 4.60. The van der Waals surface area contributed by atoms with E-state index in [1.807, 2.05) is 36.1 Å². The van der Waals surface area contributed by atoms with Crippen LogP contribution in [0, 0.1) is 5.92 Å². The smallest absolute Gasteiger partial charge is 0.260 e. The highest BCUT2D eigenvalue weighted by Gasteiger charge is 2.24. The Morgan fingerprint density at radius 3 is 2.56 bits per heavy atom. The van der Waals surface area contributed by atoms with Crippen LogP contribution in [0.4, 0.5) is 11.6 Å². The number of likely N-dealkylation sites (tertiary alicyclic amines) is 2. The Morgan fingerprint density at radius 1 is 1.05 bits per heavy atom. The molecule has 4 heterocycles. The monoisotopic (exact) mass is 598 g/mol. The van der Waals surface area contributed by atoms with Gasteiger partial charge >= 0.3 is 0 Å². The van der Waals surface area contributed by atoms with Crippen molar-refractivity contribution in [2.24, 2.45) is 5.92 Å². The van der Waals surface area contributed by atoms with Crippen molar-refractivity contribution in [3.63, 3.8) is 0 Å². The van der Waals surface area contributed by atoms with Crippen LogP contribution in [0.25, 0.3) is 22.2 Å². The fraction of sp³-hybridized carbons (Fsp3) is 0.412. The normalized spacial score (nSPS) is 19.2. The lowest BCUT2D eigenvalue weighted by Crippen LogP contribution is -2.37. The van der Waals surface area contributed by atoms with Crippen LogP contribution in [0.5, 0.6) is 0 Å². The molecular formula is C34H39ClN6O2. The van der Waals surface area contributed by atoms with Crippen LogP contribution in [0.2, 0.25) is 5.02 Å². The van der Waals surface area contributed by atoms with Crippen LogP contribution in [-0.2, 0) is 17.8 Å². The average Bonchev–Trinajstić information content (AvgIpc) is 3.42. The lowest BCUT2D eigenvalue weighted by Gasteiger charge is -2.32. The van der Waals surface area contributed by atoms with E-state index in [-0.39, 0.29) is 17.4 Å². The van der Waals surface area contributed by atoms with Crippen molar-refractivity contribution < 1.29 is 4.79 Å². The molecule has 0 saturated carbocycles. The number of benzene rings is 2. The summed E-state index contributed by atoms with van der Waals surface area (Å²) < 4.78 is 1.68. The number of fused-ring (bicyclic) bond motifs is 1. The maximum atomic E-state index is 13.7. The first kappa shape index (κ1) is 29.3. The van der Waals surface area contributed by atoms with Gasteiger partial charge in [-0.15, -0.1) is 0 Å². The number of hydrogen-bond acceptors (Lipinski definition) is 6. The van der Waals surface area contributed by atoms with Crippen LogP contribution in [0.1, 0.15) is 50.2 Å². The number of carbonyl (C=O) groups excluding carboxylic acids is 1. The molecule has 2 unspecified atom stereocenters. The molecule has 8 nitrogen and oxygen atoms in total. The highest BCUT2D eigenvalue weighted by atomic mass is 35.5. The second kappa shape index (κ2) is 12.5. The average molecular weight is 599 g/mol. The molecule has 2 saturated heterocycles. The standard InChI is InChI=1S/C34H39ClN6O2/c1-4-41-32-27(19-36-34(38-32)37-28-10-7-23(8-11-28)16-24-13-15-39(3)20-24)17-30(33(41)43)29-12-9-25(18-31(29)35)26-6-5-14-40(21-26)22(2)42/h7-12,17-19,24,26H,4-6,13-16,20-21H2,1-3H3,(H,36,37,38). The van der Waals surface area contributed by atoms with Gasteiger partial charge in [-0.3, -0.25) is 14.2 Å². The molecule has 2 aromatic heterocycles.